The smallest absolute Gasteiger partial charge is 0.159 e. The Morgan fingerprint density at radius 1 is 0.509 bits per heavy atom. The molecule has 5 heterocycles. The van der Waals surface area contributed by atoms with Crippen LogP contribution in [0.3, 0.4) is 0 Å². The standard InChI is InChI=1S/C37H28N6.C9H11N/c1-43-36(31-14-8-26(9-15-31)29-18-22-38-23-19-29)41-35(30-12-6-27(7-13-30)33-4-2-20-39-24-33)42-37(43)32-16-10-28(11-17-32)34-5-3-21-40-25-34;1-3-8(2)9-4-6-10-7-5-9/h2-25,36H,1H3;3-7H,1-2H3/b;8-3+. The van der Waals surface area contributed by atoms with E-state index in [1.165, 1.54) is 11.1 Å². The topological polar surface area (TPSA) is 79.5 Å². The third kappa shape index (κ3) is 8.21. The molecule has 8 rings (SSSR count). The van der Waals surface area contributed by atoms with Crippen molar-refractivity contribution in [3.63, 3.8) is 0 Å². The zero-order chi connectivity index (χ0) is 36.4. The minimum atomic E-state index is -0.245. The van der Waals surface area contributed by atoms with E-state index in [9.17, 15) is 0 Å². The summed E-state index contributed by atoms with van der Waals surface area (Å²) in [5.74, 6) is 1.56. The highest BCUT2D eigenvalue weighted by Crippen LogP contribution is 2.31. The Morgan fingerprint density at radius 3 is 1.51 bits per heavy atom. The number of aliphatic imine (C=N–C) groups is 2. The fraction of sp³-hybridized carbons (Fsp3) is 0.0870. The summed E-state index contributed by atoms with van der Waals surface area (Å²) in [5, 5.41) is 0. The molecule has 7 nitrogen and oxygen atoms in total. The van der Waals surface area contributed by atoms with Gasteiger partial charge in [0, 0.05) is 67.7 Å². The van der Waals surface area contributed by atoms with Crippen LogP contribution in [0.25, 0.3) is 39.0 Å². The third-order valence-corrected chi connectivity index (χ3v) is 9.22. The van der Waals surface area contributed by atoms with Gasteiger partial charge >= 0.3 is 0 Å². The van der Waals surface area contributed by atoms with Gasteiger partial charge in [0.15, 0.2) is 5.84 Å². The Morgan fingerprint density at radius 2 is 0.981 bits per heavy atom. The molecule has 1 aliphatic heterocycles. The first-order chi connectivity index (χ1) is 26.1. The summed E-state index contributed by atoms with van der Waals surface area (Å²) in [4.78, 5) is 29.0. The molecule has 4 aromatic heterocycles. The highest BCUT2D eigenvalue weighted by molar-refractivity contribution is 6.13. The number of benzene rings is 3. The maximum absolute atomic E-state index is 5.17. The van der Waals surface area contributed by atoms with Crippen molar-refractivity contribution in [2.24, 2.45) is 9.98 Å². The van der Waals surface area contributed by atoms with Crippen molar-refractivity contribution in [1.82, 2.24) is 24.8 Å². The molecule has 0 saturated heterocycles. The number of hydrogen-bond acceptors (Lipinski definition) is 7. The van der Waals surface area contributed by atoms with Crippen LogP contribution in [-0.2, 0) is 0 Å². The molecule has 53 heavy (non-hydrogen) atoms. The first-order valence-electron chi connectivity index (χ1n) is 17.5. The minimum absolute atomic E-state index is 0.245. The molecule has 0 N–H and O–H groups in total. The Hall–Kier alpha value is -6.86. The van der Waals surface area contributed by atoms with Crippen molar-refractivity contribution in [1.29, 1.82) is 0 Å². The quantitative estimate of drug-likeness (QED) is 0.166. The Bertz CT molecular complexity index is 2320. The number of hydrogen-bond donors (Lipinski definition) is 0. The first kappa shape index (κ1) is 34.6. The van der Waals surface area contributed by atoms with E-state index in [1.807, 2.05) is 80.5 Å². The molecule has 1 unspecified atom stereocenters. The van der Waals surface area contributed by atoms with Gasteiger partial charge in [-0.05, 0) is 100 Å². The third-order valence-electron chi connectivity index (χ3n) is 9.22. The van der Waals surface area contributed by atoms with Crippen molar-refractivity contribution >= 4 is 17.2 Å². The van der Waals surface area contributed by atoms with Crippen molar-refractivity contribution in [3.05, 3.63) is 199 Å². The number of allylic oxidation sites excluding steroid dienone is 2. The van der Waals surface area contributed by atoms with Crippen LogP contribution in [0.4, 0.5) is 0 Å². The lowest BCUT2D eigenvalue weighted by Gasteiger charge is -2.32. The number of aromatic nitrogens is 4. The van der Waals surface area contributed by atoms with Gasteiger partial charge in [0.25, 0.3) is 0 Å². The number of amidine groups is 2. The molecule has 0 radical (unpaired) electrons. The predicted octanol–water partition coefficient (Wildman–Crippen LogP) is 10.2. The van der Waals surface area contributed by atoms with E-state index in [0.717, 1.165) is 55.9 Å². The van der Waals surface area contributed by atoms with E-state index in [2.05, 4.69) is 130 Å². The summed E-state index contributed by atoms with van der Waals surface area (Å²) in [5.41, 5.74) is 12.2. The Balaban J connectivity index is 0.000000379. The molecule has 258 valence electrons. The second kappa shape index (κ2) is 16.4. The van der Waals surface area contributed by atoms with Gasteiger partial charge in [-0.3, -0.25) is 19.9 Å². The SMILES string of the molecule is C/C=C(\C)c1ccncc1.CN1C(c2ccc(-c3cccnc3)cc2)=NC(c2ccc(-c3cccnc3)cc2)=NC1c1ccc(-c2ccncc2)cc1. The molecule has 3 aromatic carbocycles. The average molecular weight is 690 g/mol. The monoisotopic (exact) mass is 689 g/mol. The molecule has 0 fully saturated rings. The molecule has 1 atom stereocenters. The van der Waals surface area contributed by atoms with Crippen LogP contribution in [0.5, 0.6) is 0 Å². The van der Waals surface area contributed by atoms with Gasteiger partial charge in [-0.25, -0.2) is 9.98 Å². The van der Waals surface area contributed by atoms with E-state index >= 15 is 0 Å². The maximum Gasteiger partial charge on any atom is 0.159 e. The highest BCUT2D eigenvalue weighted by atomic mass is 15.3. The average Bonchev–Trinajstić information content (AvgIpc) is 3.25. The van der Waals surface area contributed by atoms with Gasteiger partial charge in [-0.1, -0.05) is 91.0 Å². The van der Waals surface area contributed by atoms with E-state index in [1.54, 1.807) is 12.4 Å². The van der Waals surface area contributed by atoms with Crippen molar-refractivity contribution in [2.75, 3.05) is 7.05 Å². The lowest BCUT2D eigenvalue weighted by atomic mass is 10.0. The number of rotatable bonds is 7. The van der Waals surface area contributed by atoms with E-state index in [-0.39, 0.29) is 6.17 Å². The Labute approximate surface area is 310 Å². The van der Waals surface area contributed by atoms with Gasteiger partial charge in [0.1, 0.15) is 12.0 Å². The molecule has 0 amide bonds. The normalized spacial score (nSPS) is 14.1. The van der Waals surface area contributed by atoms with Crippen molar-refractivity contribution < 1.29 is 0 Å². The number of pyridine rings is 4. The van der Waals surface area contributed by atoms with Gasteiger partial charge in [-0.15, -0.1) is 0 Å². The molecule has 0 spiro atoms. The van der Waals surface area contributed by atoms with Crippen LogP contribution in [0.1, 0.15) is 42.3 Å². The first-order valence-corrected chi connectivity index (χ1v) is 17.5. The highest BCUT2D eigenvalue weighted by Gasteiger charge is 2.27. The maximum atomic E-state index is 5.17. The zero-order valence-corrected chi connectivity index (χ0v) is 30.0. The molecule has 7 aromatic rings. The van der Waals surface area contributed by atoms with Crippen LogP contribution in [0.2, 0.25) is 0 Å². The summed E-state index contributed by atoms with van der Waals surface area (Å²) in [6.45, 7) is 4.13. The summed E-state index contributed by atoms with van der Waals surface area (Å²) < 4.78 is 0. The minimum Gasteiger partial charge on any atom is -0.333 e. The van der Waals surface area contributed by atoms with Gasteiger partial charge in [-0.2, -0.15) is 0 Å². The number of nitrogens with zero attached hydrogens (tertiary/aromatic N) is 7. The van der Waals surface area contributed by atoms with Gasteiger partial charge in [0.2, 0.25) is 0 Å². The lowest BCUT2D eigenvalue weighted by Crippen LogP contribution is -2.35. The largest absolute Gasteiger partial charge is 0.333 e. The van der Waals surface area contributed by atoms with Crippen LogP contribution in [0, 0.1) is 0 Å². The summed E-state index contributed by atoms with van der Waals surface area (Å²) >= 11 is 0. The fourth-order valence-electron chi connectivity index (χ4n) is 6.10. The van der Waals surface area contributed by atoms with E-state index in [4.69, 9.17) is 9.98 Å². The molecule has 0 saturated carbocycles. The molecular weight excluding hydrogens is 651 g/mol. The van der Waals surface area contributed by atoms with Crippen LogP contribution in [-0.4, -0.2) is 43.6 Å². The molecule has 7 heteroatoms. The van der Waals surface area contributed by atoms with Gasteiger partial charge in [0.05, 0.1) is 0 Å². The summed E-state index contributed by atoms with van der Waals surface area (Å²) in [6.07, 6.45) is 16.4. The molecule has 1 aliphatic rings. The van der Waals surface area contributed by atoms with Crippen LogP contribution < -0.4 is 0 Å². The van der Waals surface area contributed by atoms with Crippen LogP contribution in [0.15, 0.2) is 187 Å². The lowest BCUT2D eigenvalue weighted by molar-refractivity contribution is 0.383. The molecule has 0 aliphatic carbocycles. The fourth-order valence-corrected chi connectivity index (χ4v) is 6.10. The van der Waals surface area contributed by atoms with Crippen LogP contribution >= 0.6 is 0 Å². The molecule has 0 bridgehead atoms. The second-order valence-electron chi connectivity index (χ2n) is 12.6. The second-order valence-corrected chi connectivity index (χ2v) is 12.6. The summed E-state index contributed by atoms with van der Waals surface area (Å²) in [6, 6.07) is 41.5. The van der Waals surface area contributed by atoms with Crippen molar-refractivity contribution in [3.8, 4) is 33.4 Å². The Kier molecular flexibility index (Phi) is 10.7. The summed E-state index contributed by atoms with van der Waals surface area (Å²) in [7, 11) is 2.06. The zero-order valence-electron chi connectivity index (χ0n) is 30.0. The van der Waals surface area contributed by atoms with E-state index < -0.39 is 0 Å². The van der Waals surface area contributed by atoms with E-state index in [0.29, 0.717) is 5.84 Å². The van der Waals surface area contributed by atoms with Gasteiger partial charge < -0.3 is 4.90 Å². The van der Waals surface area contributed by atoms with Crippen molar-refractivity contribution in [2.45, 2.75) is 20.0 Å². The molecular formula is C46H39N7. The predicted molar refractivity (Wildman–Crippen MR) is 216 cm³/mol.